The molecule has 1 fully saturated rings. The number of rotatable bonds is 2. The molecule has 3 rings (SSSR count). The minimum atomic E-state index is 0.297. The van der Waals surface area contributed by atoms with Gasteiger partial charge in [0.25, 0.3) is 0 Å². The van der Waals surface area contributed by atoms with Crippen LogP contribution in [-0.4, -0.2) is 16.2 Å². The Kier molecular flexibility index (Phi) is 3.96. The Morgan fingerprint density at radius 1 is 1.19 bits per heavy atom. The number of nitrogens with one attached hydrogen (secondary N) is 1. The van der Waals surface area contributed by atoms with Gasteiger partial charge >= 0.3 is 0 Å². The number of hydrogen-bond donors (Lipinski definition) is 2. The van der Waals surface area contributed by atoms with Crippen LogP contribution in [0.5, 0.6) is 0 Å². The zero-order chi connectivity index (χ0) is 14.8. The molecule has 0 atom stereocenters. The number of nitriles is 1. The fourth-order valence-electron chi connectivity index (χ4n) is 2.99. The van der Waals surface area contributed by atoms with E-state index in [0.717, 1.165) is 36.9 Å². The third kappa shape index (κ3) is 2.80. The number of nitrogens with zero attached hydrogens (tertiary/aromatic N) is 2. The van der Waals surface area contributed by atoms with Gasteiger partial charge in [0.2, 0.25) is 0 Å². The lowest BCUT2D eigenvalue weighted by molar-refractivity contribution is 0.390. The van der Waals surface area contributed by atoms with Gasteiger partial charge in [0.15, 0.2) is 0 Å². The molecule has 1 aliphatic carbocycles. The monoisotopic (exact) mass is 300 g/mol. The third-order valence-corrected chi connectivity index (χ3v) is 4.46. The average molecular weight is 301 g/mol. The van der Waals surface area contributed by atoms with Crippen LogP contribution in [0.25, 0.3) is 11.3 Å². The molecule has 4 nitrogen and oxygen atoms in total. The first-order chi connectivity index (χ1) is 10.2. The fraction of sp³-hybridized carbons (Fsp3) is 0.375. The van der Waals surface area contributed by atoms with Crippen LogP contribution in [0.4, 0.5) is 0 Å². The molecule has 3 N–H and O–H groups in total. The molecule has 0 aliphatic heterocycles. The molecule has 1 saturated carbocycles. The summed E-state index contributed by atoms with van der Waals surface area (Å²) in [6, 6.07) is 10.0. The van der Waals surface area contributed by atoms with E-state index in [1.165, 1.54) is 0 Å². The molecule has 5 heteroatoms. The van der Waals surface area contributed by atoms with Gasteiger partial charge in [0.1, 0.15) is 17.3 Å². The molecule has 1 aromatic heterocycles. The highest BCUT2D eigenvalue weighted by Gasteiger charge is 2.26. The second-order valence-corrected chi connectivity index (χ2v) is 6.03. The molecular formula is C16H17ClN4. The summed E-state index contributed by atoms with van der Waals surface area (Å²) in [6.45, 7) is 0. The number of aromatic amines is 1. The van der Waals surface area contributed by atoms with Crippen molar-refractivity contribution in [2.75, 3.05) is 0 Å². The van der Waals surface area contributed by atoms with E-state index < -0.39 is 0 Å². The smallest absolute Gasteiger partial charge is 0.110 e. The van der Waals surface area contributed by atoms with Crippen molar-refractivity contribution in [3.8, 4) is 17.3 Å². The summed E-state index contributed by atoms with van der Waals surface area (Å²) < 4.78 is 0. The first-order valence-electron chi connectivity index (χ1n) is 7.19. The Balaban J connectivity index is 1.94. The molecule has 0 radical (unpaired) electrons. The van der Waals surface area contributed by atoms with E-state index in [1.54, 1.807) is 0 Å². The standard InChI is InChI=1S/C16H17ClN4/c17-12-5-1-10(2-6-12)15-14(9-18)16(21-20-15)11-3-7-13(19)8-4-11/h1-2,5-6,11,13H,3-4,7-8,19H2,(H,20,21). The van der Waals surface area contributed by atoms with E-state index >= 15 is 0 Å². The Labute approximate surface area is 128 Å². The number of benzene rings is 1. The molecule has 108 valence electrons. The van der Waals surface area contributed by atoms with E-state index in [2.05, 4.69) is 16.3 Å². The second kappa shape index (κ2) is 5.88. The molecule has 21 heavy (non-hydrogen) atoms. The number of hydrogen-bond acceptors (Lipinski definition) is 3. The van der Waals surface area contributed by atoms with Gasteiger partial charge in [-0.15, -0.1) is 0 Å². The lowest BCUT2D eigenvalue weighted by Crippen LogP contribution is -2.26. The van der Waals surface area contributed by atoms with Crippen molar-refractivity contribution in [1.82, 2.24) is 10.2 Å². The maximum atomic E-state index is 9.53. The molecule has 0 spiro atoms. The average Bonchev–Trinajstić information content (AvgIpc) is 2.92. The lowest BCUT2D eigenvalue weighted by atomic mass is 9.83. The van der Waals surface area contributed by atoms with Crippen molar-refractivity contribution in [3.05, 3.63) is 40.5 Å². The maximum Gasteiger partial charge on any atom is 0.110 e. The van der Waals surface area contributed by atoms with Crippen molar-refractivity contribution in [3.63, 3.8) is 0 Å². The SMILES string of the molecule is N#Cc1c(-c2ccc(Cl)cc2)n[nH]c1C1CCC(N)CC1. The third-order valence-electron chi connectivity index (χ3n) is 4.20. The van der Waals surface area contributed by atoms with Gasteiger partial charge in [-0.25, -0.2) is 0 Å². The van der Waals surface area contributed by atoms with E-state index in [9.17, 15) is 5.26 Å². The predicted octanol–water partition coefficient (Wildman–Crippen LogP) is 3.59. The van der Waals surface area contributed by atoms with E-state index in [4.69, 9.17) is 17.3 Å². The molecule has 1 aromatic carbocycles. The van der Waals surface area contributed by atoms with Crippen molar-refractivity contribution in [1.29, 1.82) is 5.26 Å². The Hall–Kier alpha value is -1.83. The van der Waals surface area contributed by atoms with E-state index in [0.29, 0.717) is 28.2 Å². The predicted molar refractivity (Wildman–Crippen MR) is 82.9 cm³/mol. The maximum absolute atomic E-state index is 9.53. The first-order valence-corrected chi connectivity index (χ1v) is 7.56. The number of aromatic nitrogens is 2. The lowest BCUT2D eigenvalue weighted by Gasteiger charge is -2.25. The molecule has 1 aliphatic rings. The normalized spacial score (nSPS) is 22.0. The molecule has 0 saturated heterocycles. The van der Waals surface area contributed by atoms with Crippen LogP contribution in [-0.2, 0) is 0 Å². The molecule has 0 bridgehead atoms. The van der Waals surface area contributed by atoms with Crippen LogP contribution < -0.4 is 5.73 Å². The molecule has 0 amide bonds. The largest absolute Gasteiger partial charge is 0.328 e. The first kappa shape index (κ1) is 14.1. The van der Waals surface area contributed by atoms with Gasteiger partial charge in [-0.1, -0.05) is 23.7 Å². The van der Waals surface area contributed by atoms with Gasteiger partial charge in [0.05, 0.1) is 5.69 Å². The van der Waals surface area contributed by atoms with Gasteiger partial charge in [-0.2, -0.15) is 10.4 Å². The summed E-state index contributed by atoms with van der Waals surface area (Å²) in [5.41, 5.74) is 9.17. The van der Waals surface area contributed by atoms with Crippen molar-refractivity contribution in [2.45, 2.75) is 37.6 Å². The number of H-pyrrole nitrogens is 1. The summed E-state index contributed by atoms with van der Waals surface area (Å²) >= 11 is 5.91. The Morgan fingerprint density at radius 2 is 1.86 bits per heavy atom. The second-order valence-electron chi connectivity index (χ2n) is 5.59. The van der Waals surface area contributed by atoms with Gasteiger partial charge in [-0.3, -0.25) is 5.10 Å². The van der Waals surface area contributed by atoms with Gasteiger partial charge in [0, 0.05) is 22.5 Å². The summed E-state index contributed by atoms with van der Waals surface area (Å²) in [4.78, 5) is 0. The van der Waals surface area contributed by atoms with Crippen LogP contribution in [0.2, 0.25) is 5.02 Å². The van der Waals surface area contributed by atoms with E-state index in [1.807, 2.05) is 24.3 Å². The quantitative estimate of drug-likeness (QED) is 0.889. The zero-order valence-electron chi connectivity index (χ0n) is 11.6. The van der Waals surface area contributed by atoms with Crippen LogP contribution in [0.1, 0.15) is 42.9 Å². The topological polar surface area (TPSA) is 78.5 Å². The van der Waals surface area contributed by atoms with Crippen molar-refractivity contribution >= 4 is 11.6 Å². The van der Waals surface area contributed by atoms with Crippen LogP contribution >= 0.6 is 11.6 Å². The summed E-state index contributed by atoms with van der Waals surface area (Å²) in [6.07, 6.45) is 4.03. The summed E-state index contributed by atoms with van der Waals surface area (Å²) in [5.74, 6) is 0.355. The Bertz CT molecular complexity index is 661. The zero-order valence-corrected chi connectivity index (χ0v) is 12.4. The number of nitrogens with two attached hydrogens (primary N) is 1. The van der Waals surface area contributed by atoms with Gasteiger partial charge < -0.3 is 5.73 Å². The van der Waals surface area contributed by atoms with Gasteiger partial charge in [-0.05, 0) is 37.8 Å². The van der Waals surface area contributed by atoms with E-state index in [-0.39, 0.29) is 0 Å². The van der Waals surface area contributed by atoms with Crippen molar-refractivity contribution in [2.24, 2.45) is 5.73 Å². The molecule has 1 heterocycles. The number of halogens is 1. The molecule has 2 aromatic rings. The van der Waals surface area contributed by atoms with Crippen LogP contribution in [0.3, 0.4) is 0 Å². The molecule has 0 unspecified atom stereocenters. The Morgan fingerprint density at radius 3 is 2.48 bits per heavy atom. The highest BCUT2D eigenvalue weighted by molar-refractivity contribution is 6.30. The minimum absolute atomic E-state index is 0.297. The summed E-state index contributed by atoms with van der Waals surface area (Å²) in [7, 11) is 0. The molecular weight excluding hydrogens is 284 g/mol. The minimum Gasteiger partial charge on any atom is -0.328 e. The van der Waals surface area contributed by atoms with Crippen LogP contribution in [0, 0.1) is 11.3 Å². The van der Waals surface area contributed by atoms with Crippen LogP contribution in [0.15, 0.2) is 24.3 Å². The summed E-state index contributed by atoms with van der Waals surface area (Å²) in [5, 5.41) is 17.6. The highest BCUT2D eigenvalue weighted by atomic mass is 35.5. The highest BCUT2D eigenvalue weighted by Crippen LogP contribution is 2.35. The van der Waals surface area contributed by atoms with Crippen molar-refractivity contribution < 1.29 is 0 Å². The fourth-order valence-corrected chi connectivity index (χ4v) is 3.11.